The summed E-state index contributed by atoms with van der Waals surface area (Å²) in [6.45, 7) is 2.67. The van der Waals surface area contributed by atoms with E-state index >= 15 is 0 Å². The third kappa shape index (κ3) is 5.07. The molecule has 0 atom stereocenters. The van der Waals surface area contributed by atoms with E-state index in [9.17, 15) is 14.4 Å². The molecule has 0 saturated heterocycles. The molecular formula is C13H16N2O5. The highest BCUT2D eigenvalue weighted by molar-refractivity contribution is 6.01. The number of amides is 3. The van der Waals surface area contributed by atoms with E-state index in [0.717, 1.165) is 11.1 Å². The number of ether oxygens (including phenoxy) is 1. The van der Waals surface area contributed by atoms with E-state index in [1.807, 2.05) is 25.2 Å². The Kier molecular flexibility index (Phi) is 5.67. The number of benzene rings is 1. The van der Waals surface area contributed by atoms with Gasteiger partial charge in [-0.25, -0.2) is 9.59 Å². The van der Waals surface area contributed by atoms with Crippen LogP contribution in [0, 0.1) is 13.8 Å². The van der Waals surface area contributed by atoms with Crippen LogP contribution in [0.25, 0.3) is 0 Å². The molecule has 7 heteroatoms. The van der Waals surface area contributed by atoms with Gasteiger partial charge in [0.1, 0.15) is 13.2 Å². The van der Waals surface area contributed by atoms with Crippen molar-refractivity contribution >= 4 is 23.6 Å². The maximum absolute atomic E-state index is 11.6. The average molecular weight is 280 g/mol. The van der Waals surface area contributed by atoms with E-state index in [1.54, 1.807) is 12.1 Å². The van der Waals surface area contributed by atoms with Crippen molar-refractivity contribution in [3.05, 3.63) is 29.3 Å². The zero-order valence-corrected chi connectivity index (χ0v) is 11.2. The zero-order valence-electron chi connectivity index (χ0n) is 11.2. The molecule has 0 unspecified atom stereocenters. The lowest BCUT2D eigenvalue weighted by molar-refractivity contribution is -0.143. The van der Waals surface area contributed by atoms with E-state index in [4.69, 9.17) is 5.11 Å². The van der Waals surface area contributed by atoms with Crippen LogP contribution in [0.5, 0.6) is 0 Å². The number of carboxylic acids is 1. The van der Waals surface area contributed by atoms with Gasteiger partial charge in [0.2, 0.25) is 0 Å². The summed E-state index contributed by atoms with van der Waals surface area (Å²) in [5.41, 5.74) is 2.51. The SMILES string of the molecule is Cc1cccc(NC(=O)NC(=O)COCC(=O)O)c1C. The Bertz CT molecular complexity index is 527. The summed E-state index contributed by atoms with van der Waals surface area (Å²) in [7, 11) is 0. The van der Waals surface area contributed by atoms with Crippen molar-refractivity contribution in [3.8, 4) is 0 Å². The molecule has 0 aliphatic heterocycles. The Labute approximate surface area is 115 Å². The molecule has 0 saturated carbocycles. The molecule has 1 aromatic rings. The summed E-state index contributed by atoms with van der Waals surface area (Å²) in [5.74, 6) is -1.90. The predicted octanol–water partition coefficient (Wildman–Crippen LogP) is 1.05. The van der Waals surface area contributed by atoms with Crippen LogP contribution < -0.4 is 10.6 Å². The summed E-state index contributed by atoms with van der Waals surface area (Å²) >= 11 is 0. The standard InChI is InChI=1S/C13H16N2O5/c1-8-4-3-5-10(9(8)2)14-13(19)15-11(16)6-20-7-12(17)18/h3-5H,6-7H2,1-2H3,(H,17,18)(H2,14,15,16,19). The summed E-state index contributed by atoms with van der Waals surface area (Å²) in [6.07, 6.45) is 0. The summed E-state index contributed by atoms with van der Waals surface area (Å²) < 4.78 is 4.56. The smallest absolute Gasteiger partial charge is 0.329 e. The number of nitrogens with one attached hydrogen (secondary N) is 2. The second-order valence-electron chi connectivity index (χ2n) is 4.14. The van der Waals surface area contributed by atoms with Crippen LogP contribution in [0.2, 0.25) is 0 Å². The fourth-order valence-electron chi connectivity index (χ4n) is 1.43. The molecule has 0 fully saturated rings. The number of urea groups is 1. The molecular weight excluding hydrogens is 264 g/mol. The topological polar surface area (TPSA) is 105 Å². The number of aliphatic carboxylic acids is 1. The van der Waals surface area contributed by atoms with Gasteiger partial charge in [-0.2, -0.15) is 0 Å². The van der Waals surface area contributed by atoms with Gasteiger partial charge in [-0.1, -0.05) is 12.1 Å². The Morgan fingerprint density at radius 3 is 2.55 bits per heavy atom. The Morgan fingerprint density at radius 1 is 1.20 bits per heavy atom. The van der Waals surface area contributed by atoms with Crippen molar-refractivity contribution in [2.75, 3.05) is 18.5 Å². The van der Waals surface area contributed by atoms with Gasteiger partial charge in [0.05, 0.1) is 0 Å². The van der Waals surface area contributed by atoms with E-state index in [1.165, 1.54) is 0 Å². The monoisotopic (exact) mass is 280 g/mol. The molecule has 0 aliphatic rings. The molecule has 1 aromatic carbocycles. The predicted molar refractivity (Wildman–Crippen MR) is 71.5 cm³/mol. The first-order valence-corrected chi connectivity index (χ1v) is 5.86. The first kappa shape index (κ1) is 15.6. The summed E-state index contributed by atoms with van der Waals surface area (Å²) in [5, 5.41) is 12.9. The highest BCUT2D eigenvalue weighted by Gasteiger charge is 2.10. The van der Waals surface area contributed by atoms with Gasteiger partial charge in [-0.05, 0) is 31.0 Å². The number of aryl methyl sites for hydroxylation is 1. The minimum Gasteiger partial charge on any atom is -0.480 e. The number of imide groups is 1. The zero-order chi connectivity index (χ0) is 15.1. The van der Waals surface area contributed by atoms with Gasteiger partial charge in [-0.3, -0.25) is 10.1 Å². The number of carbonyl (C=O) groups is 3. The van der Waals surface area contributed by atoms with Crippen molar-refractivity contribution in [2.24, 2.45) is 0 Å². The highest BCUT2D eigenvalue weighted by Crippen LogP contribution is 2.17. The summed E-state index contributed by atoms with van der Waals surface area (Å²) in [4.78, 5) is 33.0. The molecule has 1 rings (SSSR count). The lowest BCUT2D eigenvalue weighted by Gasteiger charge is -2.10. The van der Waals surface area contributed by atoms with Gasteiger partial charge in [0.25, 0.3) is 5.91 Å². The molecule has 108 valence electrons. The number of carbonyl (C=O) groups excluding carboxylic acids is 2. The number of carboxylic acid groups (broad SMARTS) is 1. The lowest BCUT2D eigenvalue weighted by atomic mass is 10.1. The molecule has 20 heavy (non-hydrogen) atoms. The Hall–Kier alpha value is -2.41. The average Bonchev–Trinajstić information content (AvgIpc) is 2.34. The number of rotatable bonds is 5. The summed E-state index contributed by atoms with van der Waals surface area (Å²) in [6, 6.07) is 4.72. The maximum Gasteiger partial charge on any atom is 0.329 e. The molecule has 0 spiro atoms. The van der Waals surface area contributed by atoms with Crippen LogP contribution in [0.1, 0.15) is 11.1 Å². The van der Waals surface area contributed by atoms with Crippen molar-refractivity contribution in [3.63, 3.8) is 0 Å². The normalized spacial score (nSPS) is 9.90. The van der Waals surface area contributed by atoms with Crippen LogP contribution in [0.15, 0.2) is 18.2 Å². The van der Waals surface area contributed by atoms with Crippen molar-refractivity contribution in [2.45, 2.75) is 13.8 Å². The number of anilines is 1. The minimum atomic E-state index is -1.18. The van der Waals surface area contributed by atoms with Crippen LogP contribution in [0.4, 0.5) is 10.5 Å². The van der Waals surface area contributed by atoms with E-state index in [-0.39, 0.29) is 0 Å². The molecule has 3 N–H and O–H groups in total. The van der Waals surface area contributed by atoms with Crippen LogP contribution in [-0.4, -0.2) is 36.2 Å². The van der Waals surface area contributed by atoms with E-state index in [0.29, 0.717) is 5.69 Å². The third-order valence-electron chi connectivity index (χ3n) is 2.56. The molecule has 0 bridgehead atoms. The van der Waals surface area contributed by atoms with Crippen LogP contribution >= 0.6 is 0 Å². The fraction of sp³-hybridized carbons (Fsp3) is 0.308. The third-order valence-corrected chi connectivity index (χ3v) is 2.56. The van der Waals surface area contributed by atoms with Crippen molar-refractivity contribution in [1.82, 2.24) is 5.32 Å². The molecule has 3 amide bonds. The van der Waals surface area contributed by atoms with Gasteiger partial charge in [0.15, 0.2) is 0 Å². The number of hydrogen-bond acceptors (Lipinski definition) is 4. The van der Waals surface area contributed by atoms with Gasteiger partial charge in [-0.15, -0.1) is 0 Å². The molecule has 7 nitrogen and oxygen atoms in total. The minimum absolute atomic E-state index is 0.494. The molecule has 0 aromatic heterocycles. The quantitative estimate of drug-likeness (QED) is 0.747. The highest BCUT2D eigenvalue weighted by atomic mass is 16.5. The van der Waals surface area contributed by atoms with E-state index < -0.39 is 31.1 Å². The van der Waals surface area contributed by atoms with Gasteiger partial charge < -0.3 is 15.2 Å². The largest absolute Gasteiger partial charge is 0.480 e. The van der Waals surface area contributed by atoms with Crippen LogP contribution in [-0.2, 0) is 14.3 Å². The Morgan fingerprint density at radius 2 is 1.90 bits per heavy atom. The van der Waals surface area contributed by atoms with E-state index in [2.05, 4.69) is 10.1 Å². The molecule has 0 aliphatic carbocycles. The fourth-order valence-corrected chi connectivity index (χ4v) is 1.43. The Balaban J connectivity index is 2.45. The molecule has 0 heterocycles. The van der Waals surface area contributed by atoms with Crippen molar-refractivity contribution in [1.29, 1.82) is 0 Å². The first-order valence-electron chi connectivity index (χ1n) is 5.86. The van der Waals surface area contributed by atoms with Crippen molar-refractivity contribution < 1.29 is 24.2 Å². The van der Waals surface area contributed by atoms with Gasteiger partial charge in [0, 0.05) is 5.69 Å². The van der Waals surface area contributed by atoms with Crippen LogP contribution in [0.3, 0.4) is 0 Å². The second-order valence-corrected chi connectivity index (χ2v) is 4.14. The first-order chi connectivity index (χ1) is 9.40. The van der Waals surface area contributed by atoms with Gasteiger partial charge >= 0.3 is 12.0 Å². The number of hydrogen-bond donors (Lipinski definition) is 3. The second kappa shape index (κ2) is 7.25. The maximum atomic E-state index is 11.6. The molecule has 0 radical (unpaired) electrons. The lowest BCUT2D eigenvalue weighted by Crippen LogP contribution is -2.37.